The maximum Gasteiger partial charge on any atom is 0.252 e. The third kappa shape index (κ3) is 3.80. The summed E-state index contributed by atoms with van der Waals surface area (Å²) in [6.45, 7) is 2.52. The highest BCUT2D eigenvalue weighted by molar-refractivity contribution is 5.98. The van der Waals surface area contributed by atoms with Gasteiger partial charge in [0.25, 0.3) is 5.91 Å². The van der Waals surface area contributed by atoms with Crippen molar-refractivity contribution in [1.29, 1.82) is 0 Å². The van der Waals surface area contributed by atoms with Gasteiger partial charge in [-0.2, -0.15) is 0 Å². The Morgan fingerprint density at radius 1 is 1.45 bits per heavy atom. The maximum absolute atomic E-state index is 13.7. The molecule has 0 saturated carbocycles. The Balaban J connectivity index is 2.96. The molecule has 0 atom stereocenters. The largest absolute Gasteiger partial charge is 0.384 e. The first kappa shape index (κ1) is 15.7. The lowest BCUT2D eigenvalue weighted by Crippen LogP contribution is -2.53. The minimum Gasteiger partial charge on any atom is -0.384 e. The van der Waals surface area contributed by atoms with Gasteiger partial charge in [-0.25, -0.2) is 4.39 Å². The van der Waals surface area contributed by atoms with Crippen LogP contribution in [0.5, 0.6) is 0 Å². The van der Waals surface area contributed by atoms with Crippen molar-refractivity contribution in [3.63, 3.8) is 0 Å². The molecule has 0 heterocycles. The van der Waals surface area contributed by atoms with Gasteiger partial charge >= 0.3 is 0 Å². The van der Waals surface area contributed by atoms with Crippen LogP contribution in [0, 0.1) is 17.7 Å². The standard InChI is InChI=1S/C14H15FN2O3/c1-14(2,13(16)20)17-12(19)10-6-5-9(4-3-7-18)11(15)8-10/h5-6,8,18H,7H2,1-2H3,(H2,16,20)(H,17,19). The first-order valence-electron chi connectivity index (χ1n) is 5.79. The lowest BCUT2D eigenvalue weighted by molar-refractivity contribution is -0.122. The summed E-state index contributed by atoms with van der Waals surface area (Å²) < 4.78 is 13.7. The van der Waals surface area contributed by atoms with Gasteiger partial charge in [0.15, 0.2) is 0 Å². The average Bonchev–Trinajstić information content (AvgIpc) is 2.36. The molecule has 20 heavy (non-hydrogen) atoms. The van der Waals surface area contributed by atoms with E-state index in [9.17, 15) is 14.0 Å². The first-order chi connectivity index (χ1) is 9.27. The summed E-state index contributed by atoms with van der Waals surface area (Å²) >= 11 is 0. The fraction of sp³-hybridized carbons (Fsp3) is 0.286. The number of halogens is 1. The molecule has 0 spiro atoms. The average molecular weight is 278 g/mol. The Labute approximate surface area is 116 Å². The number of rotatable bonds is 3. The van der Waals surface area contributed by atoms with E-state index in [0.29, 0.717) is 0 Å². The van der Waals surface area contributed by atoms with Crippen molar-refractivity contribution in [3.05, 3.63) is 35.1 Å². The molecule has 4 N–H and O–H groups in total. The highest BCUT2D eigenvalue weighted by Crippen LogP contribution is 2.11. The second-order valence-corrected chi connectivity index (χ2v) is 4.60. The number of hydrogen-bond donors (Lipinski definition) is 3. The fourth-order valence-corrected chi connectivity index (χ4v) is 1.31. The van der Waals surface area contributed by atoms with Crippen LogP contribution >= 0.6 is 0 Å². The molecule has 0 radical (unpaired) electrons. The molecule has 1 rings (SSSR count). The lowest BCUT2D eigenvalue weighted by atomic mass is 10.0. The van der Waals surface area contributed by atoms with E-state index in [4.69, 9.17) is 10.8 Å². The first-order valence-corrected chi connectivity index (χ1v) is 5.79. The Morgan fingerprint density at radius 3 is 2.60 bits per heavy atom. The summed E-state index contributed by atoms with van der Waals surface area (Å²) in [5.41, 5.74) is 4.02. The van der Waals surface area contributed by atoms with E-state index in [1.165, 1.54) is 26.0 Å². The van der Waals surface area contributed by atoms with Crippen LogP contribution in [-0.4, -0.2) is 29.1 Å². The van der Waals surface area contributed by atoms with Gasteiger partial charge in [0.1, 0.15) is 18.0 Å². The van der Waals surface area contributed by atoms with Crippen LogP contribution in [0.15, 0.2) is 18.2 Å². The van der Waals surface area contributed by atoms with Gasteiger partial charge in [0.05, 0.1) is 5.56 Å². The van der Waals surface area contributed by atoms with Gasteiger partial charge in [0.2, 0.25) is 5.91 Å². The number of carbonyl (C=O) groups is 2. The summed E-state index contributed by atoms with van der Waals surface area (Å²) in [7, 11) is 0. The number of nitrogens with two attached hydrogens (primary N) is 1. The van der Waals surface area contributed by atoms with Crippen molar-refractivity contribution in [2.45, 2.75) is 19.4 Å². The summed E-state index contributed by atoms with van der Waals surface area (Å²) in [4.78, 5) is 23.0. The molecule has 2 amide bonds. The van der Waals surface area contributed by atoms with Crippen LogP contribution in [-0.2, 0) is 4.79 Å². The molecule has 0 aromatic heterocycles. The van der Waals surface area contributed by atoms with Gasteiger partial charge in [-0.15, -0.1) is 0 Å². The molecule has 1 aromatic carbocycles. The molecule has 0 fully saturated rings. The van der Waals surface area contributed by atoms with Crippen molar-refractivity contribution < 1.29 is 19.1 Å². The van der Waals surface area contributed by atoms with Gasteiger partial charge in [-0.1, -0.05) is 11.8 Å². The zero-order valence-corrected chi connectivity index (χ0v) is 11.2. The summed E-state index contributed by atoms with van der Waals surface area (Å²) in [5.74, 6) is 2.73. The third-order valence-electron chi connectivity index (χ3n) is 2.58. The van der Waals surface area contributed by atoms with Crippen molar-refractivity contribution in [1.82, 2.24) is 5.32 Å². The number of carbonyl (C=O) groups excluding carboxylic acids is 2. The lowest BCUT2D eigenvalue weighted by Gasteiger charge is -2.22. The molecule has 0 unspecified atom stereocenters. The Hall–Kier alpha value is -2.39. The van der Waals surface area contributed by atoms with E-state index in [0.717, 1.165) is 6.07 Å². The van der Waals surface area contributed by atoms with Crippen LogP contribution in [0.2, 0.25) is 0 Å². The number of aliphatic hydroxyl groups is 1. The van der Waals surface area contributed by atoms with E-state index in [1.54, 1.807) is 0 Å². The summed E-state index contributed by atoms with van der Waals surface area (Å²) in [5, 5.41) is 10.9. The van der Waals surface area contributed by atoms with Crippen LogP contribution in [0.25, 0.3) is 0 Å². The van der Waals surface area contributed by atoms with Crippen molar-refractivity contribution in [2.24, 2.45) is 5.73 Å². The third-order valence-corrected chi connectivity index (χ3v) is 2.58. The van der Waals surface area contributed by atoms with Crippen LogP contribution in [0.1, 0.15) is 29.8 Å². The second-order valence-electron chi connectivity index (χ2n) is 4.60. The van der Waals surface area contributed by atoms with Gasteiger partial charge in [-0.05, 0) is 32.0 Å². The highest BCUT2D eigenvalue weighted by atomic mass is 19.1. The molecular formula is C14H15FN2O3. The van der Waals surface area contributed by atoms with Crippen LogP contribution in [0.3, 0.4) is 0 Å². The maximum atomic E-state index is 13.7. The fourth-order valence-electron chi connectivity index (χ4n) is 1.31. The van der Waals surface area contributed by atoms with Gasteiger partial charge in [0, 0.05) is 5.56 Å². The number of hydrogen-bond acceptors (Lipinski definition) is 3. The molecule has 0 aliphatic heterocycles. The minimum atomic E-state index is -1.23. The summed E-state index contributed by atoms with van der Waals surface area (Å²) in [6.07, 6.45) is 0. The monoisotopic (exact) mass is 278 g/mol. The molecule has 6 heteroatoms. The SMILES string of the molecule is CC(C)(NC(=O)c1ccc(C#CCO)c(F)c1)C(N)=O. The number of nitrogens with one attached hydrogen (secondary N) is 1. The molecule has 106 valence electrons. The summed E-state index contributed by atoms with van der Waals surface area (Å²) in [6, 6.07) is 3.70. The number of benzene rings is 1. The van der Waals surface area contributed by atoms with Gasteiger partial charge in [-0.3, -0.25) is 9.59 Å². The van der Waals surface area contributed by atoms with E-state index in [-0.39, 0.29) is 17.7 Å². The quantitative estimate of drug-likeness (QED) is 0.688. The molecule has 0 aliphatic carbocycles. The predicted octanol–water partition coefficient (Wildman–Crippen LogP) is 0.163. The van der Waals surface area contributed by atoms with Gasteiger partial charge < -0.3 is 16.2 Å². The topological polar surface area (TPSA) is 92.4 Å². The van der Waals surface area contributed by atoms with Crippen molar-refractivity contribution >= 4 is 11.8 Å². The minimum absolute atomic E-state index is 0.0476. The van der Waals surface area contributed by atoms with E-state index >= 15 is 0 Å². The smallest absolute Gasteiger partial charge is 0.252 e. The molecule has 0 aliphatic rings. The Kier molecular flexibility index (Phi) is 4.83. The molecule has 1 aromatic rings. The normalized spacial score (nSPS) is 10.4. The molecule has 5 nitrogen and oxygen atoms in total. The van der Waals surface area contributed by atoms with E-state index in [1.807, 2.05) is 0 Å². The number of primary amides is 1. The predicted molar refractivity (Wildman–Crippen MR) is 71.1 cm³/mol. The van der Waals surface area contributed by atoms with Crippen LogP contribution in [0.4, 0.5) is 4.39 Å². The Bertz CT molecular complexity index is 600. The highest BCUT2D eigenvalue weighted by Gasteiger charge is 2.27. The zero-order valence-electron chi connectivity index (χ0n) is 11.2. The second kappa shape index (κ2) is 6.17. The van der Waals surface area contributed by atoms with E-state index in [2.05, 4.69) is 17.2 Å². The van der Waals surface area contributed by atoms with Crippen molar-refractivity contribution in [2.75, 3.05) is 6.61 Å². The Morgan fingerprint density at radius 2 is 2.10 bits per heavy atom. The number of amides is 2. The van der Waals surface area contributed by atoms with Crippen LogP contribution < -0.4 is 11.1 Å². The molecule has 0 saturated heterocycles. The zero-order chi connectivity index (χ0) is 15.3. The number of aliphatic hydroxyl groups excluding tert-OH is 1. The molecule has 0 bridgehead atoms. The van der Waals surface area contributed by atoms with E-state index < -0.39 is 23.2 Å². The van der Waals surface area contributed by atoms with Crippen molar-refractivity contribution in [3.8, 4) is 11.8 Å². The molecular weight excluding hydrogens is 263 g/mol.